The van der Waals surface area contributed by atoms with E-state index in [4.69, 9.17) is 25.8 Å². The maximum Gasteiger partial charge on any atom is 0.410 e. The van der Waals surface area contributed by atoms with Crippen LogP contribution in [-0.4, -0.2) is 92.3 Å². The molecule has 0 radical (unpaired) electrons. The highest BCUT2D eigenvalue weighted by molar-refractivity contribution is 6.28. The van der Waals surface area contributed by atoms with Crippen molar-refractivity contribution >= 4 is 29.4 Å². The zero-order chi connectivity index (χ0) is 36.0. The number of hydrogen-bond donors (Lipinski definition) is 0. The summed E-state index contributed by atoms with van der Waals surface area (Å²) in [6, 6.07) is 4.52. The number of aromatic nitrogens is 4. The molecule has 1 spiro atoms. The first-order valence-electron chi connectivity index (χ1n) is 16.4. The Morgan fingerprint density at radius 3 is 2.54 bits per heavy atom. The summed E-state index contributed by atoms with van der Waals surface area (Å²) in [7, 11) is 0. The SMILES string of the molecule is CC(C)N(CC(F)F)C(=O)c1cc(F)ccc1Oc1nnc(Cl)nc1N1CC2(CC(Oc3ccnc4c3CN(C(=O)OC(C)(C)C)CC4)C2)C1. The lowest BCUT2D eigenvalue weighted by molar-refractivity contribution is -0.0353. The molecule has 2 aromatic heterocycles. The first kappa shape index (κ1) is 35.4. The zero-order valence-electron chi connectivity index (χ0n) is 28.5. The Bertz CT molecular complexity index is 1760. The van der Waals surface area contributed by atoms with Crippen LogP contribution in [0.1, 0.15) is 69.1 Å². The van der Waals surface area contributed by atoms with Crippen molar-refractivity contribution in [2.45, 2.75) is 84.6 Å². The second kappa shape index (κ2) is 13.7. The molecule has 2 fully saturated rings. The number of amides is 2. The van der Waals surface area contributed by atoms with Gasteiger partial charge in [-0.2, -0.15) is 4.98 Å². The summed E-state index contributed by atoms with van der Waals surface area (Å²) < 4.78 is 58.9. The second-order valence-electron chi connectivity index (χ2n) is 14.3. The highest BCUT2D eigenvalue weighted by Crippen LogP contribution is 2.52. The molecular weight excluding hydrogens is 679 g/mol. The molecular formula is C34H39ClF3N7O5. The van der Waals surface area contributed by atoms with Crippen molar-refractivity contribution in [2.24, 2.45) is 5.41 Å². The number of ether oxygens (including phenoxy) is 3. The molecule has 16 heteroatoms. The number of benzene rings is 1. The van der Waals surface area contributed by atoms with E-state index < -0.39 is 36.3 Å². The van der Waals surface area contributed by atoms with Gasteiger partial charge in [-0.3, -0.25) is 9.78 Å². The summed E-state index contributed by atoms with van der Waals surface area (Å²) in [5.41, 5.74) is 0.893. The van der Waals surface area contributed by atoms with E-state index in [9.17, 15) is 22.8 Å². The Labute approximate surface area is 292 Å². The van der Waals surface area contributed by atoms with Gasteiger partial charge in [-0.1, -0.05) is 0 Å². The van der Waals surface area contributed by atoms with Gasteiger partial charge >= 0.3 is 6.09 Å². The molecule has 6 rings (SSSR count). The number of anilines is 1. The van der Waals surface area contributed by atoms with Crippen molar-refractivity contribution < 1.29 is 37.0 Å². The topological polar surface area (TPSA) is 123 Å². The monoisotopic (exact) mass is 717 g/mol. The Balaban J connectivity index is 1.12. The van der Waals surface area contributed by atoms with Gasteiger partial charge < -0.3 is 28.9 Å². The lowest BCUT2D eigenvalue weighted by Gasteiger charge is -2.58. The average Bonchev–Trinajstić information content (AvgIpc) is 3.00. The van der Waals surface area contributed by atoms with Gasteiger partial charge in [-0.05, 0) is 83.3 Å². The smallest absolute Gasteiger partial charge is 0.410 e. The molecule has 268 valence electrons. The van der Waals surface area contributed by atoms with Crippen LogP contribution in [0.15, 0.2) is 30.5 Å². The van der Waals surface area contributed by atoms with E-state index in [1.54, 1.807) is 24.9 Å². The summed E-state index contributed by atoms with van der Waals surface area (Å²) in [5, 5.41) is 7.73. The third-order valence-electron chi connectivity index (χ3n) is 8.90. The van der Waals surface area contributed by atoms with Crippen LogP contribution in [0.25, 0.3) is 0 Å². The van der Waals surface area contributed by atoms with Gasteiger partial charge in [0.25, 0.3) is 18.2 Å². The minimum Gasteiger partial charge on any atom is -0.490 e. The number of fused-ring (bicyclic) bond motifs is 1. The van der Waals surface area contributed by atoms with Crippen molar-refractivity contribution in [3.05, 3.63) is 58.4 Å². The summed E-state index contributed by atoms with van der Waals surface area (Å²) in [4.78, 5) is 39.5. The minimum atomic E-state index is -2.78. The molecule has 50 heavy (non-hydrogen) atoms. The maximum atomic E-state index is 14.3. The first-order valence-corrected chi connectivity index (χ1v) is 16.8. The highest BCUT2D eigenvalue weighted by Gasteiger charge is 2.54. The van der Waals surface area contributed by atoms with Gasteiger partial charge in [0.15, 0.2) is 5.82 Å². The van der Waals surface area contributed by atoms with E-state index in [0.29, 0.717) is 38.3 Å². The van der Waals surface area contributed by atoms with Gasteiger partial charge in [0.2, 0.25) is 5.28 Å². The van der Waals surface area contributed by atoms with Crippen LogP contribution in [0.5, 0.6) is 17.4 Å². The number of carbonyl (C=O) groups excluding carboxylic acids is 2. The van der Waals surface area contributed by atoms with Gasteiger partial charge in [0.05, 0.1) is 24.3 Å². The third-order valence-corrected chi connectivity index (χ3v) is 9.06. The van der Waals surface area contributed by atoms with Crippen molar-refractivity contribution in [3.8, 4) is 17.4 Å². The average molecular weight is 718 g/mol. The fourth-order valence-corrected chi connectivity index (χ4v) is 6.72. The lowest BCUT2D eigenvalue weighted by Crippen LogP contribution is -2.65. The summed E-state index contributed by atoms with van der Waals surface area (Å²) in [6.07, 6.45) is 0.669. The molecule has 2 amide bonds. The maximum absolute atomic E-state index is 14.3. The van der Waals surface area contributed by atoms with Crippen LogP contribution >= 0.6 is 11.6 Å². The fraction of sp³-hybridized carbons (Fsp3) is 0.529. The number of carbonyl (C=O) groups is 2. The normalized spacial score (nSPS) is 16.9. The molecule has 0 atom stereocenters. The van der Waals surface area contributed by atoms with Crippen LogP contribution in [-0.2, 0) is 17.7 Å². The highest BCUT2D eigenvalue weighted by atomic mass is 35.5. The van der Waals surface area contributed by atoms with E-state index in [0.717, 1.165) is 41.1 Å². The first-order chi connectivity index (χ1) is 23.6. The molecule has 2 aliphatic heterocycles. The van der Waals surface area contributed by atoms with Gasteiger partial charge in [0.1, 0.15) is 29.0 Å². The second-order valence-corrected chi connectivity index (χ2v) is 14.6. The standard InChI is InChI=1S/C34H39ClF3N7O5/c1-19(2)45(16-27(37)38)30(46)22-12-20(36)6-7-25(22)49-29-28(40-31(35)42-41-29)44-17-34(18-44)13-21(14-34)48-26-8-10-39-24-9-11-43(15-23(24)26)32(47)50-33(3,4)5/h6-8,10,12,19,21,27H,9,11,13-18H2,1-5H3. The molecule has 1 saturated carbocycles. The van der Waals surface area contributed by atoms with Crippen molar-refractivity contribution in [1.82, 2.24) is 30.0 Å². The van der Waals surface area contributed by atoms with E-state index in [1.165, 1.54) is 6.07 Å². The molecule has 3 aromatic rings. The quantitative estimate of drug-likeness (QED) is 0.249. The van der Waals surface area contributed by atoms with Crippen LogP contribution in [0, 0.1) is 11.2 Å². The molecule has 0 N–H and O–H groups in total. The molecule has 1 aromatic carbocycles. The Kier molecular flexibility index (Phi) is 9.72. The number of alkyl halides is 2. The molecule has 3 aliphatic rings. The predicted octanol–water partition coefficient (Wildman–Crippen LogP) is 6.31. The number of hydrogen-bond acceptors (Lipinski definition) is 10. The lowest BCUT2D eigenvalue weighted by atomic mass is 9.61. The van der Waals surface area contributed by atoms with E-state index in [2.05, 4.69) is 20.2 Å². The van der Waals surface area contributed by atoms with Crippen LogP contribution < -0.4 is 14.4 Å². The zero-order valence-corrected chi connectivity index (χ0v) is 29.2. The minimum absolute atomic E-state index is 0.0479. The van der Waals surface area contributed by atoms with Crippen LogP contribution in [0.4, 0.5) is 23.8 Å². The third kappa shape index (κ3) is 7.67. The van der Waals surface area contributed by atoms with Crippen LogP contribution in [0.3, 0.4) is 0 Å². The van der Waals surface area contributed by atoms with E-state index in [-0.39, 0.29) is 45.9 Å². The van der Waals surface area contributed by atoms with E-state index in [1.807, 2.05) is 31.7 Å². The van der Waals surface area contributed by atoms with Crippen molar-refractivity contribution in [1.29, 1.82) is 0 Å². The number of rotatable bonds is 9. The molecule has 12 nitrogen and oxygen atoms in total. The van der Waals surface area contributed by atoms with Crippen LogP contribution in [0.2, 0.25) is 5.28 Å². The van der Waals surface area contributed by atoms with E-state index >= 15 is 0 Å². The number of nitrogens with zero attached hydrogens (tertiary/aromatic N) is 7. The Morgan fingerprint density at radius 2 is 1.86 bits per heavy atom. The largest absolute Gasteiger partial charge is 0.490 e. The molecule has 1 aliphatic carbocycles. The Hall–Kier alpha value is -4.40. The molecule has 0 unspecified atom stereocenters. The summed E-state index contributed by atoms with van der Waals surface area (Å²) in [5.74, 6) is -0.727. The Morgan fingerprint density at radius 1 is 1.12 bits per heavy atom. The van der Waals surface area contributed by atoms with Gasteiger partial charge in [0, 0.05) is 49.3 Å². The summed E-state index contributed by atoms with van der Waals surface area (Å²) >= 11 is 6.12. The van der Waals surface area contributed by atoms with Gasteiger partial charge in [-0.25, -0.2) is 18.0 Å². The molecule has 4 heterocycles. The number of halogens is 4. The predicted molar refractivity (Wildman–Crippen MR) is 176 cm³/mol. The molecule has 0 bridgehead atoms. The van der Waals surface area contributed by atoms with Crippen molar-refractivity contribution in [2.75, 3.05) is 31.1 Å². The van der Waals surface area contributed by atoms with Crippen molar-refractivity contribution in [3.63, 3.8) is 0 Å². The number of pyridine rings is 1. The summed E-state index contributed by atoms with van der Waals surface area (Å²) in [6.45, 7) is 9.91. The van der Waals surface area contributed by atoms with Gasteiger partial charge in [-0.15, -0.1) is 10.2 Å². The fourth-order valence-electron chi connectivity index (χ4n) is 6.60. The molecule has 1 saturated heterocycles.